The van der Waals surface area contributed by atoms with Crippen molar-refractivity contribution in [3.63, 3.8) is 0 Å². The summed E-state index contributed by atoms with van der Waals surface area (Å²) in [7, 11) is 0. The minimum atomic E-state index is -0.0790. The zero-order valence-electron chi connectivity index (χ0n) is 12.0. The zero-order chi connectivity index (χ0) is 16.1. The molecule has 2 aromatic rings. The van der Waals surface area contributed by atoms with Gasteiger partial charge in [-0.15, -0.1) is 10.2 Å². The average molecular weight is 376 g/mol. The highest BCUT2D eigenvalue weighted by Crippen LogP contribution is 2.26. The van der Waals surface area contributed by atoms with Crippen LogP contribution >= 0.6 is 46.3 Å². The largest absolute Gasteiger partial charge is 0.370 e. The number of aliphatic imine (C=N–C) groups is 1. The first-order chi connectivity index (χ1) is 10.5. The lowest BCUT2D eigenvalue weighted by Gasteiger charge is -2.16. The van der Waals surface area contributed by atoms with Gasteiger partial charge in [0.15, 0.2) is 10.3 Å². The first kappa shape index (κ1) is 17.3. The van der Waals surface area contributed by atoms with Crippen LogP contribution in [0.2, 0.25) is 10.0 Å². The zero-order valence-corrected chi connectivity index (χ0v) is 15.2. The summed E-state index contributed by atoms with van der Waals surface area (Å²) in [5.41, 5.74) is 6.81. The minimum Gasteiger partial charge on any atom is -0.370 e. The summed E-state index contributed by atoms with van der Waals surface area (Å²) in [5.74, 6) is 0.333. The third-order valence-electron chi connectivity index (χ3n) is 2.80. The van der Waals surface area contributed by atoms with E-state index in [1.807, 2.05) is 19.2 Å². The van der Waals surface area contributed by atoms with Crippen LogP contribution in [0, 0.1) is 0 Å². The summed E-state index contributed by atoms with van der Waals surface area (Å²) < 4.78 is 0.915. The Balaban J connectivity index is 1.97. The van der Waals surface area contributed by atoms with Gasteiger partial charge in [0.05, 0.1) is 12.6 Å². The molecule has 1 atom stereocenters. The van der Waals surface area contributed by atoms with Crippen molar-refractivity contribution in [3.8, 4) is 0 Å². The first-order valence-electron chi connectivity index (χ1n) is 6.37. The second-order valence-electron chi connectivity index (χ2n) is 4.40. The minimum absolute atomic E-state index is 0.0790. The van der Waals surface area contributed by atoms with Crippen LogP contribution < -0.4 is 11.1 Å². The van der Waals surface area contributed by atoms with Crippen LogP contribution in [-0.4, -0.2) is 22.4 Å². The van der Waals surface area contributed by atoms with Gasteiger partial charge < -0.3 is 11.1 Å². The van der Waals surface area contributed by atoms with Gasteiger partial charge in [0.25, 0.3) is 0 Å². The van der Waals surface area contributed by atoms with E-state index in [0.717, 1.165) is 14.9 Å². The Hall–Kier alpha value is -1.02. The van der Waals surface area contributed by atoms with Gasteiger partial charge >= 0.3 is 0 Å². The van der Waals surface area contributed by atoms with E-state index in [2.05, 4.69) is 20.5 Å². The van der Waals surface area contributed by atoms with Gasteiger partial charge in [0, 0.05) is 10.0 Å². The molecular weight excluding hydrogens is 361 g/mol. The normalized spacial score (nSPS) is 13.2. The van der Waals surface area contributed by atoms with Gasteiger partial charge in [-0.1, -0.05) is 52.4 Å². The number of hydrogen-bond donors (Lipinski definition) is 2. The lowest BCUT2D eigenvalue weighted by Crippen LogP contribution is -2.34. The molecule has 9 heteroatoms. The number of hydrogen-bond acceptors (Lipinski definition) is 5. The average Bonchev–Trinajstić information content (AvgIpc) is 2.93. The molecule has 1 aromatic carbocycles. The SMILES string of the molecule is CSc1nnc(CN=C(N)NC(C)c2ccc(Cl)cc2Cl)s1. The second kappa shape index (κ2) is 8.01. The quantitative estimate of drug-likeness (QED) is 0.472. The fourth-order valence-electron chi connectivity index (χ4n) is 1.74. The molecule has 22 heavy (non-hydrogen) atoms. The van der Waals surface area contributed by atoms with Crippen LogP contribution in [-0.2, 0) is 6.54 Å². The lowest BCUT2D eigenvalue weighted by molar-refractivity contribution is 0.707. The van der Waals surface area contributed by atoms with Crippen molar-refractivity contribution in [1.82, 2.24) is 15.5 Å². The van der Waals surface area contributed by atoms with E-state index in [1.54, 1.807) is 23.9 Å². The molecule has 0 spiro atoms. The summed E-state index contributed by atoms with van der Waals surface area (Å²) in [5, 5.41) is 13.2. The van der Waals surface area contributed by atoms with E-state index in [9.17, 15) is 0 Å². The van der Waals surface area contributed by atoms with Crippen molar-refractivity contribution in [3.05, 3.63) is 38.8 Å². The second-order valence-corrected chi connectivity index (χ2v) is 7.36. The van der Waals surface area contributed by atoms with Gasteiger partial charge in [-0.3, -0.25) is 0 Å². The predicted octanol–water partition coefficient (Wildman–Crippen LogP) is 3.73. The Morgan fingerprint density at radius 2 is 2.23 bits per heavy atom. The highest BCUT2D eigenvalue weighted by molar-refractivity contribution is 8.00. The third-order valence-corrected chi connectivity index (χ3v) is 5.25. The molecule has 5 nitrogen and oxygen atoms in total. The fraction of sp³-hybridized carbons (Fsp3) is 0.308. The monoisotopic (exact) mass is 375 g/mol. The number of thioether (sulfide) groups is 1. The molecule has 0 aliphatic rings. The van der Waals surface area contributed by atoms with E-state index < -0.39 is 0 Å². The predicted molar refractivity (Wildman–Crippen MR) is 95.0 cm³/mol. The maximum Gasteiger partial charge on any atom is 0.189 e. The Morgan fingerprint density at radius 1 is 1.45 bits per heavy atom. The maximum absolute atomic E-state index is 6.18. The Labute approximate surface area is 147 Å². The molecule has 2 rings (SSSR count). The Morgan fingerprint density at radius 3 is 2.86 bits per heavy atom. The molecule has 0 saturated heterocycles. The summed E-state index contributed by atoms with van der Waals surface area (Å²) >= 11 is 15.1. The van der Waals surface area contributed by atoms with Crippen molar-refractivity contribution in [2.24, 2.45) is 10.7 Å². The number of aromatic nitrogens is 2. The van der Waals surface area contributed by atoms with Gasteiger partial charge in [-0.2, -0.15) is 0 Å². The lowest BCUT2D eigenvalue weighted by atomic mass is 10.1. The van der Waals surface area contributed by atoms with Crippen LogP contribution in [0.25, 0.3) is 0 Å². The van der Waals surface area contributed by atoms with Crippen LogP contribution in [0.5, 0.6) is 0 Å². The maximum atomic E-state index is 6.18. The number of rotatable bonds is 5. The summed E-state index contributed by atoms with van der Waals surface area (Å²) in [6, 6.07) is 5.28. The summed E-state index contributed by atoms with van der Waals surface area (Å²) in [6.07, 6.45) is 1.96. The van der Waals surface area contributed by atoms with Gasteiger partial charge in [0.1, 0.15) is 5.01 Å². The Bertz CT molecular complexity index is 674. The molecule has 1 unspecified atom stereocenters. The number of guanidine groups is 1. The molecule has 0 saturated carbocycles. The summed E-state index contributed by atoms with van der Waals surface area (Å²) in [4.78, 5) is 4.27. The molecule has 0 amide bonds. The molecule has 1 aromatic heterocycles. The van der Waals surface area contributed by atoms with Crippen molar-refractivity contribution < 1.29 is 0 Å². The molecule has 0 aliphatic heterocycles. The number of halogens is 2. The van der Waals surface area contributed by atoms with Gasteiger partial charge in [0.2, 0.25) is 0 Å². The van der Waals surface area contributed by atoms with E-state index in [4.69, 9.17) is 28.9 Å². The molecule has 0 bridgehead atoms. The number of nitrogens with zero attached hydrogens (tertiary/aromatic N) is 3. The van der Waals surface area contributed by atoms with Crippen LogP contribution in [0.4, 0.5) is 0 Å². The van der Waals surface area contributed by atoms with E-state index >= 15 is 0 Å². The van der Waals surface area contributed by atoms with Crippen LogP contribution in [0.1, 0.15) is 23.5 Å². The van der Waals surface area contributed by atoms with Crippen molar-refractivity contribution in [2.75, 3.05) is 6.26 Å². The molecule has 0 fully saturated rings. The first-order valence-corrected chi connectivity index (χ1v) is 9.17. The van der Waals surface area contributed by atoms with Crippen molar-refractivity contribution >= 4 is 52.3 Å². The van der Waals surface area contributed by atoms with Crippen molar-refractivity contribution in [2.45, 2.75) is 23.8 Å². The third kappa shape index (κ3) is 4.74. The van der Waals surface area contributed by atoms with Gasteiger partial charge in [-0.05, 0) is 30.9 Å². The fourth-order valence-corrected chi connectivity index (χ4v) is 3.55. The van der Waals surface area contributed by atoms with E-state index in [-0.39, 0.29) is 6.04 Å². The molecule has 0 radical (unpaired) electrons. The molecule has 1 heterocycles. The molecule has 3 N–H and O–H groups in total. The smallest absolute Gasteiger partial charge is 0.189 e. The topological polar surface area (TPSA) is 76.2 Å². The molecule has 0 aliphatic carbocycles. The highest BCUT2D eigenvalue weighted by atomic mass is 35.5. The molecular formula is C13H15Cl2N5S2. The summed E-state index contributed by atoms with van der Waals surface area (Å²) in [6.45, 7) is 2.35. The van der Waals surface area contributed by atoms with Crippen molar-refractivity contribution in [1.29, 1.82) is 0 Å². The highest BCUT2D eigenvalue weighted by Gasteiger charge is 2.11. The standard InChI is InChI=1S/C13H15Cl2N5S2/c1-7(9-4-3-8(14)5-10(9)15)18-12(16)17-6-11-19-20-13(21-2)22-11/h3-5,7H,6H2,1-2H3,(H3,16,17,18). The van der Waals surface area contributed by atoms with Crippen LogP contribution in [0.3, 0.4) is 0 Å². The number of nitrogens with one attached hydrogen (secondary N) is 1. The molecule has 118 valence electrons. The van der Waals surface area contributed by atoms with E-state index in [1.165, 1.54) is 11.3 Å². The number of nitrogens with two attached hydrogens (primary N) is 1. The van der Waals surface area contributed by atoms with Crippen LogP contribution in [0.15, 0.2) is 27.5 Å². The number of benzene rings is 1. The van der Waals surface area contributed by atoms with Gasteiger partial charge in [-0.25, -0.2) is 4.99 Å². The van der Waals surface area contributed by atoms with E-state index in [0.29, 0.717) is 22.5 Å². The Kier molecular flexibility index (Phi) is 6.31.